The molecule has 0 radical (unpaired) electrons. The van der Waals surface area contributed by atoms with E-state index in [9.17, 15) is 4.79 Å². The van der Waals surface area contributed by atoms with Gasteiger partial charge in [-0.15, -0.1) is 0 Å². The van der Waals surface area contributed by atoms with Crippen molar-refractivity contribution in [2.75, 3.05) is 7.11 Å². The molecule has 0 aliphatic heterocycles. The van der Waals surface area contributed by atoms with Crippen LogP contribution < -0.4 is 15.0 Å². The molecule has 38 heavy (non-hydrogen) atoms. The van der Waals surface area contributed by atoms with E-state index < -0.39 is 0 Å². The molecule has 0 amide bonds. The molecule has 0 N–H and O–H groups in total. The highest BCUT2D eigenvalue weighted by atomic mass is 79.9. The molecular formula is C30H29BrClN3O3. The highest BCUT2D eigenvalue weighted by molar-refractivity contribution is 9.10. The van der Waals surface area contributed by atoms with Crippen LogP contribution in [0.4, 0.5) is 0 Å². The van der Waals surface area contributed by atoms with Gasteiger partial charge in [0.2, 0.25) is 0 Å². The fraction of sp³-hybridized carbons (Fsp3) is 0.300. The van der Waals surface area contributed by atoms with Crippen LogP contribution in [0.15, 0.2) is 69.0 Å². The van der Waals surface area contributed by atoms with E-state index in [0.29, 0.717) is 45.4 Å². The van der Waals surface area contributed by atoms with E-state index in [1.54, 1.807) is 31.5 Å². The Kier molecular flexibility index (Phi) is 8.15. The predicted molar refractivity (Wildman–Crippen MR) is 156 cm³/mol. The van der Waals surface area contributed by atoms with Gasteiger partial charge in [-0.05, 0) is 49.6 Å². The largest absolute Gasteiger partial charge is 0.493 e. The average Bonchev–Trinajstić information content (AvgIpc) is 2.93. The summed E-state index contributed by atoms with van der Waals surface area (Å²) < 4.78 is 14.1. The first kappa shape index (κ1) is 26.4. The van der Waals surface area contributed by atoms with Crippen LogP contribution in [0.25, 0.3) is 10.9 Å². The molecule has 0 bridgehead atoms. The van der Waals surface area contributed by atoms with Crippen molar-refractivity contribution in [3.05, 3.63) is 97.0 Å². The van der Waals surface area contributed by atoms with E-state index in [-0.39, 0.29) is 11.5 Å². The van der Waals surface area contributed by atoms with E-state index in [4.69, 9.17) is 26.1 Å². The van der Waals surface area contributed by atoms with Crippen molar-refractivity contribution in [1.29, 1.82) is 0 Å². The van der Waals surface area contributed by atoms with Crippen LogP contribution in [0.5, 0.6) is 11.5 Å². The summed E-state index contributed by atoms with van der Waals surface area (Å²) in [7, 11) is 1.57. The van der Waals surface area contributed by atoms with Crippen molar-refractivity contribution in [1.82, 2.24) is 9.66 Å². The van der Waals surface area contributed by atoms with E-state index in [1.165, 1.54) is 16.7 Å². The Morgan fingerprint density at radius 2 is 1.87 bits per heavy atom. The van der Waals surface area contributed by atoms with Gasteiger partial charge in [-0.3, -0.25) is 4.79 Å². The Labute approximate surface area is 235 Å². The quantitative estimate of drug-likeness (QED) is 0.206. The molecule has 3 aromatic carbocycles. The molecule has 1 saturated carbocycles. The molecule has 8 heteroatoms. The third-order valence-electron chi connectivity index (χ3n) is 6.89. The minimum atomic E-state index is -0.204. The molecule has 1 aromatic heterocycles. The number of aromatic nitrogens is 2. The number of hydrogen-bond donors (Lipinski definition) is 0. The number of ether oxygens (including phenoxy) is 2. The van der Waals surface area contributed by atoms with Gasteiger partial charge in [0.25, 0.3) is 5.56 Å². The molecule has 0 saturated heterocycles. The Bertz CT molecular complexity index is 1540. The standard InChI is InChI=1S/C30H29BrClN3O3/c1-19-8-10-20(11-9-19)18-38-28-22(14-24(32)16-27(28)37-2)17-33-35-29(21-6-4-3-5-7-21)34-26-13-12-23(31)15-25(26)30(35)36/h8-17,21H,3-7,18H2,1-2H3. The van der Waals surface area contributed by atoms with Gasteiger partial charge in [0.15, 0.2) is 11.5 Å². The fourth-order valence-electron chi connectivity index (χ4n) is 4.85. The van der Waals surface area contributed by atoms with Crippen LogP contribution in [-0.4, -0.2) is 23.0 Å². The lowest BCUT2D eigenvalue weighted by atomic mass is 9.88. The van der Waals surface area contributed by atoms with Crippen LogP contribution in [0.3, 0.4) is 0 Å². The summed E-state index contributed by atoms with van der Waals surface area (Å²) in [5, 5.41) is 5.67. The van der Waals surface area contributed by atoms with Crippen LogP contribution in [0.2, 0.25) is 5.02 Å². The molecular weight excluding hydrogens is 566 g/mol. The lowest BCUT2D eigenvalue weighted by molar-refractivity contribution is 0.284. The number of aryl methyl sites for hydroxylation is 1. The molecule has 1 heterocycles. The number of methoxy groups -OCH3 is 1. The van der Waals surface area contributed by atoms with Crippen molar-refractivity contribution in [3.63, 3.8) is 0 Å². The van der Waals surface area contributed by atoms with Gasteiger partial charge in [-0.1, -0.05) is 76.6 Å². The molecule has 1 fully saturated rings. The summed E-state index contributed by atoms with van der Waals surface area (Å²) in [5.41, 5.74) is 3.29. The van der Waals surface area contributed by atoms with Crippen LogP contribution in [-0.2, 0) is 6.61 Å². The first-order chi connectivity index (χ1) is 18.4. The zero-order chi connectivity index (χ0) is 26.6. The third-order valence-corrected chi connectivity index (χ3v) is 7.60. The summed E-state index contributed by atoms with van der Waals surface area (Å²) in [5.74, 6) is 1.86. The van der Waals surface area contributed by atoms with Crippen molar-refractivity contribution >= 4 is 44.6 Å². The second kappa shape index (κ2) is 11.7. The topological polar surface area (TPSA) is 65.7 Å². The highest BCUT2D eigenvalue weighted by Gasteiger charge is 2.23. The minimum absolute atomic E-state index is 0.174. The van der Waals surface area contributed by atoms with Gasteiger partial charge in [-0.2, -0.15) is 9.78 Å². The van der Waals surface area contributed by atoms with Crippen LogP contribution in [0, 0.1) is 6.92 Å². The SMILES string of the molecule is COc1cc(Cl)cc(C=Nn2c(C3CCCCC3)nc3ccc(Br)cc3c2=O)c1OCc1ccc(C)cc1. The van der Waals surface area contributed by atoms with Crippen molar-refractivity contribution < 1.29 is 9.47 Å². The van der Waals surface area contributed by atoms with E-state index in [2.05, 4.69) is 21.0 Å². The van der Waals surface area contributed by atoms with Gasteiger partial charge in [-0.25, -0.2) is 4.98 Å². The average molecular weight is 595 g/mol. The number of benzene rings is 3. The molecule has 196 valence electrons. The Balaban J connectivity index is 1.58. The third kappa shape index (κ3) is 5.79. The molecule has 5 rings (SSSR count). The number of nitrogens with zero attached hydrogens (tertiary/aromatic N) is 3. The number of fused-ring (bicyclic) bond motifs is 1. The first-order valence-electron chi connectivity index (χ1n) is 12.8. The molecule has 0 spiro atoms. The summed E-state index contributed by atoms with van der Waals surface area (Å²) in [4.78, 5) is 18.6. The zero-order valence-electron chi connectivity index (χ0n) is 21.4. The second-order valence-electron chi connectivity index (χ2n) is 9.63. The summed E-state index contributed by atoms with van der Waals surface area (Å²) >= 11 is 9.89. The molecule has 1 aliphatic carbocycles. The lowest BCUT2D eigenvalue weighted by Crippen LogP contribution is -2.25. The molecule has 0 atom stereocenters. The van der Waals surface area contributed by atoms with Crippen LogP contribution in [0.1, 0.15) is 60.5 Å². The molecule has 0 unspecified atom stereocenters. The highest BCUT2D eigenvalue weighted by Crippen LogP contribution is 2.35. The fourth-order valence-corrected chi connectivity index (χ4v) is 5.43. The van der Waals surface area contributed by atoms with Gasteiger partial charge < -0.3 is 9.47 Å². The van der Waals surface area contributed by atoms with E-state index >= 15 is 0 Å². The van der Waals surface area contributed by atoms with Gasteiger partial charge in [0.1, 0.15) is 12.4 Å². The molecule has 1 aliphatic rings. The van der Waals surface area contributed by atoms with Crippen molar-refractivity contribution in [2.24, 2.45) is 5.10 Å². The minimum Gasteiger partial charge on any atom is -0.493 e. The van der Waals surface area contributed by atoms with Gasteiger partial charge >= 0.3 is 0 Å². The maximum absolute atomic E-state index is 13.7. The van der Waals surface area contributed by atoms with Crippen LogP contribution >= 0.6 is 27.5 Å². The second-order valence-corrected chi connectivity index (χ2v) is 11.0. The van der Waals surface area contributed by atoms with Gasteiger partial charge in [0, 0.05) is 27.0 Å². The Hall–Kier alpha value is -3.16. The first-order valence-corrected chi connectivity index (χ1v) is 13.9. The number of halogens is 2. The van der Waals surface area contributed by atoms with E-state index in [0.717, 1.165) is 35.7 Å². The smallest absolute Gasteiger partial charge is 0.282 e. The van der Waals surface area contributed by atoms with Crippen molar-refractivity contribution in [2.45, 2.75) is 51.6 Å². The monoisotopic (exact) mass is 593 g/mol. The summed E-state index contributed by atoms with van der Waals surface area (Å²) in [6, 6.07) is 17.2. The molecule has 6 nitrogen and oxygen atoms in total. The normalized spacial score (nSPS) is 14.3. The Morgan fingerprint density at radius 3 is 2.61 bits per heavy atom. The van der Waals surface area contributed by atoms with E-state index in [1.807, 2.05) is 43.3 Å². The summed E-state index contributed by atoms with van der Waals surface area (Å²) in [6.07, 6.45) is 7.02. The Morgan fingerprint density at radius 1 is 1.11 bits per heavy atom. The maximum Gasteiger partial charge on any atom is 0.282 e. The van der Waals surface area contributed by atoms with Crippen molar-refractivity contribution in [3.8, 4) is 11.5 Å². The lowest BCUT2D eigenvalue weighted by Gasteiger charge is -2.23. The maximum atomic E-state index is 13.7. The number of hydrogen-bond acceptors (Lipinski definition) is 5. The van der Waals surface area contributed by atoms with Gasteiger partial charge in [0.05, 0.1) is 24.2 Å². The zero-order valence-corrected chi connectivity index (χ0v) is 23.8. The summed E-state index contributed by atoms with van der Waals surface area (Å²) in [6.45, 7) is 2.39. The predicted octanol–water partition coefficient (Wildman–Crippen LogP) is 7.64. The number of rotatable bonds is 7. The molecule has 4 aromatic rings.